The maximum absolute atomic E-state index is 13.9. The third-order valence-corrected chi connectivity index (χ3v) is 6.20. The Hall–Kier alpha value is -3.10. The third kappa shape index (κ3) is 4.42. The van der Waals surface area contributed by atoms with Crippen molar-refractivity contribution in [2.24, 2.45) is 0 Å². The van der Waals surface area contributed by atoms with Crippen LogP contribution in [0.3, 0.4) is 0 Å². The average Bonchev–Trinajstić information content (AvgIpc) is 2.83. The molecule has 1 fully saturated rings. The number of benzene rings is 2. The second-order valence-electron chi connectivity index (χ2n) is 8.40. The number of aliphatic hydroxyl groups is 1. The van der Waals surface area contributed by atoms with E-state index in [0.29, 0.717) is 36.3 Å². The van der Waals surface area contributed by atoms with Gasteiger partial charge in [-0.05, 0) is 55.6 Å². The number of aromatic nitrogens is 3. The summed E-state index contributed by atoms with van der Waals surface area (Å²) >= 11 is 0. The summed E-state index contributed by atoms with van der Waals surface area (Å²) < 4.78 is 13.9. The zero-order chi connectivity index (χ0) is 21.9. The van der Waals surface area contributed by atoms with Gasteiger partial charge in [0, 0.05) is 18.2 Å². The average molecular weight is 435 g/mol. The van der Waals surface area contributed by atoms with Crippen LogP contribution in [0.15, 0.2) is 48.5 Å². The molecule has 32 heavy (non-hydrogen) atoms. The van der Waals surface area contributed by atoms with Gasteiger partial charge < -0.3 is 20.6 Å². The molecule has 3 heterocycles. The summed E-state index contributed by atoms with van der Waals surface area (Å²) in [6.07, 6.45) is 2.67. The van der Waals surface area contributed by atoms with Gasteiger partial charge >= 0.3 is 0 Å². The van der Waals surface area contributed by atoms with Gasteiger partial charge in [0.25, 0.3) is 0 Å². The largest absolute Gasteiger partial charge is 0.394 e. The van der Waals surface area contributed by atoms with Crippen LogP contribution in [0.5, 0.6) is 0 Å². The van der Waals surface area contributed by atoms with Crippen LogP contribution < -0.4 is 15.5 Å². The van der Waals surface area contributed by atoms with Crippen molar-refractivity contribution in [3.63, 3.8) is 0 Å². The van der Waals surface area contributed by atoms with Gasteiger partial charge in [-0.3, -0.25) is 0 Å². The van der Waals surface area contributed by atoms with Crippen molar-refractivity contribution in [1.29, 1.82) is 0 Å². The molecule has 7 nitrogen and oxygen atoms in total. The molecule has 2 aliphatic rings. The molecule has 3 aromatic rings. The second kappa shape index (κ2) is 9.18. The fraction of sp³-hybridized carbons (Fsp3) is 0.375. The van der Waals surface area contributed by atoms with Crippen molar-refractivity contribution in [1.82, 2.24) is 20.3 Å². The van der Waals surface area contributed by atoms with Crippen LogP contribution in [0.25, 0.3) is 11.4 Å². The minimum absolute atomic E-state index is 0.00757. The molecule has 3 N–H and O–H groups in total. The molecule has 8 heteroatoms. The van der Waals surface area contributed by atoms with E-state index < -0.39 is 0 Å². The number of aliphatic hydroxyl groups excluding tert-OH is 1. The zero-order valence-electron chi connectivity index (χ0n) is 17.8. The van der Waals surface area contributed by atoms with E-state index in [1.165, 1.54) is 23.3 Å². The van der Waals surface area contributed by atoms with Crippen molar-refractivity contribution in [2.45, 2.75) is 37.9 Å². The molecule has 0 radical (unpaired) electrons. The van der Waals surface area contributed by atoms with E-state index in [2.05, 4.69) is 27.8 Å². The lowest BCUT2D eigenvalue weighted by atomic mass is 9.94. The molecule has 0 aliphatic carbocycles. The maximum atomic E-state index is 13.9. The first-order valence-corrected chi connectivity index (χ1v) is 11.1. The van der Waals surface area contributed by atoms with Crippen LogP contribution in [-0.2, 0) is 13.0 Å². The number of piperidine rings is 1. The van der Waals surface area contributed by atoms with Crippen LogP contribution in [0.4, 0.5) is 16.3 Å². The minimum Gasteiger partial charge on any atom is -0.394 e. The van der Waals surface area contributed by atoms with Crippen LogP contribution in [-0.4, -0.2) is 51.8 Å². The van der Waals surface area contributed by atoms with Crippen molar-refractivity contribution in [3.05, 3.63) is 65.5 Å². The molecule has 2 aliphatic heterocycles. The molecule has 1 atom stereocenters. The fourth-order valence-corrected chi connectivity index (χ4v) is 4.45. The van der Waals surface area contributed by atoms with Crippen molar-refractivity contribution in [3.8, 4) is 11.4 Å². The Labute approximate surface area is 186 Å². The number of rotatable bonds is 5. The highest BCUT2D eigenvalue weighted by Gasteiger charge is 2.29. The number of hydrogen-bond donors (Lipinski definition) is 3. The number of hydrogen-bond acceptors (Lipinski definition) is 7. The molecule has 0 spiro atoms. The topological polar surface area (TPSA) is 86.2 Å². The van der Waals surface area contributed by atoms with Gasteiger partial charge in [-0.15, -0.1) is 0 Å². The van der Waals surface area contributed by atoms with Gasteiger partial charge in [-0.25, -0.2) is 4.39 Å². The third-order valence-electron chi connectivity index (χ3n) is 6.20. The van der Waals surface area contributed by atoms with E-state index in [9.17, 15) is 9.50 Å². The standard InChI is InChI=1S/C24H27FN6O/c25-19-7-3-6-17(12-19)22-28-23(27-20-8-10-26-11-9-20)30-24(29-22)31-14-18-5-2-1-4-16(18)13-21(31)15-32/h1-7,12,20-21,26,32H,8-11,13-15H2,(H,27,28,29,30)/t21-/m1/s1. The summed E-state index contributed by atoms with van der Waals surface area (Å²) in [7, 11) is 0. The quantitative estimate of drug-likeness (QED) is 0.569. The van der Waals surface area contributed by atoms with Gasteiger partial charge in [0.05, 0.1) is 12.6 Å². The van der Waals surface area contributed by atoms with E-state index >= 15 is 0 Å². The summed E-state index contributed by atoms with van der Waals surface area (Å²) in [5.41, 5.74) is 3.02. The summed E-state index contributed by atoms with van der Waals surface area (Å²) in [6, 6.07) is 14.7. The normalized spacial score (nSPS) is 18.9. The predicted octanol–water partition coefficient (Wildman–Crippen LogP) is 2.77. The smallest absolute Gasteiger partial charge is 0.231 e. The first-order chi connectivity index (χ1) is 15.7. The van der Waals surface area contributed by atoms with Gasteiger partial charge in [-0.2, -0.15) is 15.0 Å². The van der Waals surface area contributed by atoms with E-state index in [4.69, 9.17) is 9.97 Å². The summed E-state index contributed by atoms with van der Waals surface area (Å²) in [6.45, 7) is 2.48. The van der Waals surface area contributed by atoms with Crippen molar-refractivity contribution >= 4 is 11.9 Å². The van der Waals surface area contributed by atoms with Crippen molar-refractivity contribution < 1.29 is 9.50 Å². The van der Waals surface area contributed by atoms with Crippen LogP contribution in [0.1, 0.15) is 24.0 Å². The SMILES string of the molecule is OC[C@H]1Cc2ccccc2CN1c1nc(NC2CCNCC2)nc(-c2cccc(F)c2)n1. The van der Waals surface area contributed by atoms with E-state index in [1.54, 1.807) is 12.1 Å². The molecule has 1 saturated heterocycles. The Morgan fingerprint density at radius 3 is 2.62 bits per heavy atom. The highest BCUT2D eigenvalue weighted by atomic mass is 19.1. The van der Waals surface area contributed by atoms with Crippen LogP contribution >= 0.6 is 0 Å². The molecule has 0 saturated carbocycles. The molecule has 0 unspecified atom stereocenters. The van der Waals surface area contributed by atoms with Gasteiger partial charge in [0.15, 0.2) is 5.82 Å². The Balaban J connectivity index is 1.54. The van der Waals surface area contributed by atoms with E-state index in [-0.39, 0.29) is 24.5 Å². The molecule has 1 aromatic heterocycles. The highest BCUT2D eigenvalue weighted by Crippen LogP contribution is 2.29. The molecular formula is C24H27FN6O. The molecule has 5 rings (SSSR count). The minimum atomic E-state index is -0.336. The molecule has 0 amide bonds. The predicted molar refractivity (Wildman–Crippen MR) is 122 cm³/mol. The maximum Gasteiger partial charge on any atom is 0.231 e. The number of halogens is 1. The van der Waals surface area contributed by atoms with Crippen LogP contribution in [0.2, 0.25) is 0 Å². The number of anilines is 2. The zero-order valence-corrected chi connectivity index (χ0v) is 17.8. The summed E-state index contributed by atoms with van der Waals surface area (Å²) in [4.78, 5) is 16.1. The Morgan fingerprint density at radius 2 is 1.84 bits per heavy atom. The Kier molecular flexibility index (Phi) is 5.96. The Bertz CT molecular complexity index is 1090. The molecule has 2 aromatic carbocycles. The molecule has 166 valence electrons. The second-order valence-corrected chi connectivity index (χ2v) is 8.40. The lowest BCUT2D eigenvalue weighted by Gasteiger charge is -2.36. The van der Waals surface area contributed by atoms with Gasteiger partial charge in [0.1, 0.15) is 5.82 Å². The first kappa shape index (κ1) is 20.8. The number of nitrogens with one attached hydrogen (secondary N) is 2. The first-order valence-electron chi connectivity index (χ1n) is 11.1. The fourth-order valence-electron chi connectivity index (χ4n) is 4.45. The molecule has 0 bridgehead atoms. The van der Waals surface area contributed by atoms with E-state index in [1.807, 2.05) is 17.0 Å². The van der Waals surface area contributed by atoms with Gasteiger partial charge in [-0.1, -0.05) is 36.4 Å². The van der Waals surface area contributed by atoms with Gasteiger partial charge in [0.2, 0.25) is 11.9 Å². The summed E-state index contributed by atoms with van der Waals surface area (Å²) in [5, 5.41) is 16.9. The monoisotopic (exact) mass is 434 g/mol. The Morgan fingerprint density at radius 1 is 1.03 bits per heavy atom. The van der Waals surface area contributed by atoms with Crippen LogP contribution in [0, 0.1) is 5.82 Å². The lowest BCUT2D eigenvalue weighted by Crippen LogP contribution is -2.44. The summed E-state index contributed by atoms with van der Waals surface area (Å²) in [5.74, 6) is 1.06. The molecular weight excluding hydrogens is 407 g/mol. The van der Waals surface area contributed by atoms with Crippen molar-refractivity contribution in [2.75, 3.05) is 29.9 Å². The highest BCUT2D eigenvalue weighted by molar-refractivity contribution is 5.59. The van der Waals surface area contributed by atoms with E-state index in [0.717, 1.165) is 25.9 Å². The number of fused-ring (bicyclic) bond motifs is 1. The lowest BCUT2D eigenvalue weighted by molar-refractivity contribution is 0.252. The number of nitrogens with zero attached hydrogens (tertiary/aromatic N) is 4.